The summed E-state index contributed by atoms with van der Waals surface area (Å²) < 4.78 is 105. The maximum atomic E-state index is 13.5. The van der Waals surface area contributed by atoms with Gasteiger partial charge in [0, 0.05) is 6.61 Å². The van der Waals surface area contributed by atoms with Gasteiger partial charge in [0.2, 0.25) is 0 Å². The second-order valence-corrected chi connectivity index (χ2v) is 7.26. The summed E-state index contributed by atoms with van der Waals surface area (Å²) >= 11 is 0. The molecule has 0 radical (unpaired) electrons. The highest BCUT2D eigenvalue weighted by atomic mass is 19.3. The normalized spacial score (nSPS) is 14.9. The number of hydrogen-bond acceptors (Lipinski definition) is 10. The third-order valence-electron chi connectivity index (χ3n) is 3.81. The van der Waals surface area contributed by atoms with Crippen LogP contribution >= 0.6 is 0 Å². The van der Waals surface area contributed by atoms with E-state index < -0.39 is 57.1 Å². The molecule has 0 rings (SSSR count). The molecule has 0 spiro atoms. The zero-order valence-electron chi connectivity index (χ0n) is 19.1. The Balaban J connectivity index is 4.16. The summed E-state index contributed by atoms with van der Waals surface area (Å²) in [7, 11) is 0. The highest BCUT2D eigenvalue weighted by Crippen LogP contribution is 2.33. The molecule has 2 unspecified atom stereocenters. The minimum atomic E-state index is -5.40. The summed E-state index contributed by atoms with van der Waals surface area (Å²) in [6.07, 6.45) is -15.4. The highest BCUT2D eigenvalue weighted by molar-refractivity contribution is 4.59. The third kappa shape index (κ3) is 21.0. The number of aliphatic hydroxyl groups is 4. The molecule has 0 saturated heterocycles. The lowest BCUT2D eigenvalue weighted by Crippen LogP contribution is -2.44. The summed E-state index contributed by atoms with van der Waals surface area (Å²) in [4.78, 5) is 0. The Labute approximate surface area is 198 Å². The van der Waals surface area contributed by atoms with Gasteiger partial charge < -0.3 is 39.4 Å². The van der Waals surface area contributed by atoms with Crippen LogP contribution in [0.4, 0.5) is 26.3 Å². The Morgan fingerprint density at radius 3 is 1.66 bits per heavy atom. The van der Waals surface area contributed by atoms with Crippen molar-refractivity contribution in [2.45, 2.75) is 56.4 Å². The molecule has 0 aromatic carbocycles. The van der Waals surface area contributed by atoms with Crippen LogP contribution < -0.4 is 0 Å². The Morgan fingerprint density at radius 1 is 0.571 bits per heavy atom. The van der Waals surface area contributed by atoms with Crippen LogP contribution in [0.25, 0.3) is 0 Å². The molecule has 0 aliphatic heterocycles. The van der Waals surface area contributed by atoms with Crippen molar-refractivity contribution >= 4 is 0 Å². The van der Waals surface area contributed by atoms with Crippen molar-refractivity contribution in [2.24, 2.45) is 0 Å². The van der Waals surface area contributed by atoms with E-state index in [-0.39, 0.29) is 46.1 Å². The molecule has 10 nitrogen and oxygen atoms in total. The molecular formula is C19H34F6O10. The topological polar surface area (TPSA) is 136 Å². The minimum absolute atomic E-state index is 0.00156. The van der Waals surface area contributed by atoms with E-state index in [1.165, 1.54) is 0 Å². The Hall–Kier alpha value is -0.820. The van der Waals surface area contributed by atoms with Crippen LogP contribution in [-0.2, 0) is 28.4 Å². The summed E-state index contributed by atoms with van der Waals surface area (Å²) in [5.74, 6) is 0. The number of alkyl halides is 6. The van der Waals surface area contributed by atoms with Gasteiger partial charge in [-0.25, -0.2) is 9.47 Å². The van der Waals surface area contributed by atoms with E-state index >= 15 is 0 Å². The SMILES string of the molecule is OCCCCCC(O)COCC(F)(F)OC(F)(F)OC(F)(F)COCCOCC(O)COCCO. The number of halogens is 6. The molecule has 0 aromatic rings. The predicted octanol–water partition coefficient (Wildman–Crippen LogP) is 1.09. The molecule has 0 aliphatic carbocycles. The average molecular weight is 536 g/mol. The van der Waals surface area contributed by atoms with Gasteiger partial charge in [-0.05, 0) is 12.8 Å². The first kappa shape index (κ1) is 34.2. The molecule has 0 bridgehead atoms. The molecule has 35 heavy (non-hydrogen) atoms. The maximum absolute atomic E-state index is 13.5. The average Bonchev–Trinajstić information content (AvgIpc) is 2.72. The first-order valence-electron chi connectivity index (χ1n) is 10.7. The minimum Gasteiger partial charge on any atom is -0.396 e. The van der Waals surface area contributed by atoms with Gasteiger partial charge in [-0.1, -0.05) is 12.8 Å². The van der Waals surface area contributed by atoms with Gasteiger partial charge >= 0.3 is 18.5 Å². The van der Waals surface area contributed by atoms with Crippen molar-refractivity contribution in [1.82, 2.24) is 0 Å². The summed E-state index contributed by atoms with van der Waals surface area (Å²) in [6.45, 7) is -5.66. The van der Waals surface area contributed by atoms with Crippen LogP contribution in [0.5, 0.6) is 0 Å². The lowest BCUT2D eigenvalue weighted by atomic mass is 10.1. The number of ether oxygens (including phenoxy) is 6. The predicted molar refractivity (Wildman–Crippen MR) is 105 cm³/mol. The molecule has 0 aliphatic rings. The quantitative estimate of drug-likeness (QED) is 0.0806. The number of unbranched alkanes of at least 4 members (excludes halogenated alkanes) is 2. The molecule has 0 heterocycles. The van der Waals surface area contributed by atoms with Crippen LogP contribution in [0.2, 0.25) is 0 Å². The van der Waals surface area contributed by atoms with Gasteiger partial charge in [-0.15, -0.1) is 8.78 Å². The van der Waals surface area contributed by atoms with Gasteiger partial charge in [-0.3, -0.25) is 0 Å². The smallest absolute Gasteiger partial charge is 0.396 e. The number of aliphatic hydroxyl groups excluding tert-OH is 4. The van der Waals surface area contributed by atoms with Gasteiger partial charge in [-0.2, -0.15) is 17.6 Å². The molecule has 0 aromatic heterocycles. The van der Waals surface area contributed by atoms with Crippen molar-refractivity contribution in [3.05, 3.63) is 0 Å². The van der Waals surface area contributed by atoms with Crippen LogP contribution in [0.3, 0.4) is 0 Å². The molecule has 16 heteroatoms. The third-order valence-corrected chi connectivity index (χ3v) is 3.81. The fraction of sp³-hybridized carbons (Fsp3) is 1.00. The molecule has 4 N–H and O–H groups in total. The van der Waals surface area contributed by atoms with Gasteiger partial charge in [0.25, 0.3) is 0 Å². The lowest BCUT2D eigenvalue weighted by Gasteiger charge is -2.26. The monoisotopic (exact) mass is 536 g/mol. The van der Waals surface area contributed by atoms with Crippen molar-refractivity contribution in [2.75, 3.05) is 66.1 Å². The van der Waals surface area contributed by atoms with Crippen LogP contribution in [0, 0.1) is 0 Å². The molecule has 0 fully saturated rings. The Bertz CT molecular complexity index is 519. The molecule has 212 valence electrons. The molecule has 2 atom stereocenters. The Morgan fingerprint density at radius 2 is 1.09 bits per heavy atom. The van der Waals surface area contributed by atoms with E-state index in [0.29, 0.717) is 19.3 Å². The number of hydrogen-bond donors (Lipinski definition) is 4. The Kier molecular flexibility index (Phi) is 18.0. The summed E-state index contributed by atoms with van der Waals surface area (Å²) in [5, 5.41) is 36.1. The van der Waals surface area contributed by atoms with Crippen LogP contribution in [0.1, 0.15) is 25.7 Å². The van der Waals surface area contributed by atoms with Gasteiger partial charge in [0.05, 0.1) is 52.4 Å². The van der Waals surface area contributed by atoms with Crippen molar-refractivity contribution in [3.8, 4) is 0 Å². The van der Waals surface area contributed by atoms with Crippen molar-refractivity contribution in [1.29, 1.82) is 0 Å². The first-order valence-corrected chi connectivity index (χ1v) is 10.7. The lowest BCUT2D eigenvalue weighted by molar-refractivity contribution is -0.518. The van der Waals surface area contributed by atoms with E-state index in [9.17, 15) is 36.6 Å². The van der Waals surface area contributed by atoms with Crippen LogP contribution in [0.15, 0.2) is 0 Å². The van der Waals surface area contributed by atoms with E-state index in [0.717, 1.165) is 0 Å². The summed E-state index contributed by atoms with van der Waals surface area (Å²) in [5.41, 5.74) is 0. The second-order valence-electron chi connectivity index (χ2n) is 7.26. The maximum Gasteiger partial charge on any atom is 0.495 e. The number of rotatable bonds is 24. The molecular weight excluding hydrogens is 502 g/mol. The zero-order chi connectivity index (χ0) is 26.8. The van der Waals surface area contributed by atoms with Crippen LogP contribution in [-0.4, -0.2) is 117 Å². The fourth-order valence-corrected chi connectivity index (χ4v) is 2.35. The van der Waals surface area contributed by atoms with E-state index in [1.807, 2.05) is 0 Å². The van der Waals surface area contributed by atoms with Crippen molar-refractivity contribution < 1.29 is 75.2 Å². The van der Waals surface area contributed by atoms with Gasteiger partial charge in [0.1, 0.15) is 19.3 Å². The van der Waals surface area contributed by atoms with E-state index in [4.69, 9.17) is 19.7 Å². The highest BCUT2D eigenvalue weighted by Gasteiger charge is 2.52. The second kappa shape index (κ2) is 18.4. The zero-order valence-corrected chi connectivity index (χ0v) is 19.1. The molecule has 0 amide bonds. The van der Waals surface area contributed by atoms with Crippen molar-refractivity contribution in [3.63, 3.8) is 0 Å². The van der Waals surface area contributed by atoms with E-state index in [2.05, 4.69) is 18.9 Å². The van der Waals surface area contributed by atoms with Gasteiger partial charge in [0.15, 0.2) is 0 Å². The fourth-order valence-electron chi connectivity index (χ4n) is 2.35. The molecule has 0 saturated carbocycles. The largest absolute Gasteiger partial charge is 0.495 e. The van der Waals surface area contributed by atoms with E-state index in [1.54, 1.807) is 0 Å². The standard InChI is InChI=1S/C19H34F6O10/c20-17(21,13-32-9-8-31-12-16(29)11-30-7-6-27)34-19(24,25)35-18(22,23)14-33-10-15(28)4-2-1-3-5-26/h15-16,26-29H,1-14H2. The summed E-state index contributed by atoms with van der Waals surface area (Å²) in [6, 6.07) is 0. The first-order chi connectivity index (χ1) is 16.3.